The summed E-state index contributed by atoms with van der Waals surface area (Å²) in [6, 6.07) is 12.4. The quantitative estimate of drug-likeness (QED) is 0.458. The molecule has 0 N–H and O–H groups in total. The normalized spacial score (nSPS) is 17.9. The zero-order valence-electron chi connectivity index (χ0n) is 22.2. The SMILES string of the molecule is O=C(CCCn1ccnc1)N1CCC(N2CCCCCCOc3ccccc3Oc3ncccc3C2)CC1. The number of aryl methyl sites for hydroxylation is 1. The number of carbonyl (C=O) groups excluding carboxylic acids is 1. The van der Waals surface area contributed by atoms with Gasteiger partial charge in [-0.3, -0.25) is 9.69 Å². The molecule has 8 nitrogen and oxygen atoms in total. The van der Waals surface area contributed by atoms with Gasteiger partial charge in [-0.2, -0.15) is 0 Å². The van der Waals surface area contributed by atoms with Crippen molar-refractivity contribution in [2.24, 2.45) is 0 Å². The average molecular weight is 518 g/mol. The molecule has 0 aliphatic carbocycles. The Morgan fingerprint density at radius 1 is 0.947 bits per heavy atom. The molecule has 1 fully saturated rings. The number of imidazole rings is 1. The van der Waals surface area contributed by atoms with Crippen molar-refractivity contribution in [2.75, 3.05) is 26.2 Å². The molecular weight excluding hydrogens is 478 g/mol. The summed E-state index contributed by atoms with van der Waals surface area (Å²) in [7, 11) is 0. The number of carbonyl (C=O) groups is 1. The van der Waals surface area contributed by atoms with E-state index in [9.17, 15) is 4.79 Å². The molecule has 8 heteroatoms. The summed E-state index contributed by atoms with van der Waals surface area (Å²) in [6.45, 7) is 5.00. The fourth-order valence-corrected chi connectivity index (χ4v) is 5.43. The zero-order valence-corrected chi connectivity index (χ0v) is 22.2. The number of ether oxygens (including phenoxy) is 2. The summed E-state index contributed by atoms with van der Waals surface area (Å²) >= 11 is 0. The van der Waals surface area contributed by atoms with E-state index in [1.807, 2.05) is 47.4 Å². The molecule has 2 aliphatic heterocycles. The van der Waals surface area contributed by atoms with Crippen LogP contribution in [0.1, 0.15) is 56.9 Å². The van der Waals surface area contributed by atoms with Gasteiger partial charge in [0.05, 0.1) is 12.9 Å². The summed E-state index contributed by atoms with van der Waals surface area (Å²) in [6.07, 6.45) is 15.3. The number of aromatic nitrogens is 3. The van der Waals surface area contributed by atoms with Crippen molar-refractivity contribution in [3.63, 3.8) is 0 Å². The summed E-state index contributed by atoms with van der Waals surface area (Å²) < 4.78 is 14.4. The van der Waals surface area contributed by atoms with Crippen molar-refractivity contribution in [1.29, 1.82) is 0 Å². The second-order valence-electron chi connectivity index (χ2n) is 10.3. The largest absolute Gasteiger partial charge is 0.490 e. The molecule has 1 aromatic carbocycles. The lowest BCUT2D eigenvalue weighted by Crippen LogP contribution is -2.46. The minimum Gasteiger partial charge on any atom is -0.490 e. The number of nitrogens with zero attached hydrogens (tertiary/aromatic N) is 5. The Balaban J connectivity index is 1.22. The summed E-state index contributed by atoms with van der Waals surface area (Å²) in [5, 5.41) is 0. The predicted molar refractivity (Wildman–Crippen MR) is 146 cm³/mol. The third-order valence-electron chi connectivity index (χ3n) is 7.58. The second kappa shape index (κ2) is 13.4. The van der Waals surface area contributed by atoms with Gasteiger partial charge < -0.3 is 18.9 Å². The molecule has 1 amide bonds. The highest BCUT2D eigenvalue weighted by Crippen LogP contribution is 2.33. The number of benzene rings is 1. The first-order valence-corrected chi connectivity index (χ1v) is 14.1. The fourth-order valence-electron chi connectivity index (χ4n) is 5.43. The molecule has 2 aliphatic rings. The van der Waals surface area contributed by atoms with Crippen LogP contribution in [-0.4, -0.2) is 62.5 Å². The second-order valence-corrected chi connectivity index (χ2v) is 10.3. The van der Waals surface area contributed by atoms with Crippen LogP contribution in [0.25, 0.3) is 0 Å². The number of amides is 1. The van der Waals surface area contributed by atoms with E-state index in [2.05, 4.69) is 25.8 Å². The van der Waals surface area contributed by atoms with E-state index < -0.39 is 0 Å². The van der Waals surface area contributed by atoms with Crippen LogP contribution in [0.15, 0.2) is 61.3 Å². The van der Waals surface area contributed by atoms with E-state index in [1.165, 1.54) is 6.42 Å². The van der Waals surface area contributed by atoms with E-state index >= 15 is 0 Å². The van der Waals surface area contributed by atoms with E-state index in [1.54, 1.807) is 12.4 Å². The van der Waals surface area contributed by atoms with Crippen molar-refractivity contribution in [2.45, 2.75) is 70.5 Å². The lowest BCUT2D eigenvalue weighted by atomic mass is 10.0. The smallest absolute Gasteiger partial charge is 0.223 e. The highest BCUT2D eigenvalue weighted by atomic mass is 16.5. The van der Waals surface area contributed by atoms with Crippen LogP contribution in [0.3, 0.4) is 0 Å². The topological polar surface area (TPSA) is 72.7 Å². The van der Waals surface area contributed by atoms with Crippen LogP contribution in [-0.2, 0) is 17.9 Å². The van der Waals surface area contributed by atoms with Gasteiger partial charge in [-0.05, 0) is 56.8 Å². The van der Waals surface area contributed by atoms with E-state index in [0.717, 1.165) is 82.6 Å². The molecule has 2 aromatic heterocycles. The number of piperidine rings is 1. The first kappa shape index (κ1) is 26.2. The molecule has 3 aromatic rings. The number of fused-ring (bicyclic) bond motifs is 2. The van der Waals surface area contributed by atoms with Crippen molar-refractivity contribution in [3.8, 4) is 17.4 Å². The third-order valence-corrected chi connectivity index (χ3v) is 7.58. The van der Waals surface area contributed by atoms with Gasteiger partial charge in [-0.25, -0.2) is 9.97 Å². The van der Waals surface area contributed by atoms with Crippen LogP contribution in [0.2, 0.25) is 0 Å². The molecule has 0 saturated carbocycles. The Morgan fingerprint density at radius 2 is 1.79 bits per heavy atom. The number of likely N-dealkylation sites (tertiary alicyclic amines) is 1. The lowest BCUT2D eigenvalue weighted by molar-refractivity contribution is -0.133. The number of rotatable bonds is 5. The molecule has 5 rings (SSSR count). The van der Waals surface area contributed by atoms with Crippen LogP contribution in [0.5, 0.6) is 17.4 Å². The minimum atomic E-state index is 0.272. The Kier molecular flexibility index (Phi) is 9.26. The van der Waals surface area contributed by atoms with Crippen molar-refractivity contribution in [1.82, 2.24) is 24.3 Å². The molecule has 38 heavy (non-hydrogen) atoms. The molecule has 1 saturated heterocycles. The lowest BCUT2D eigenvalue weighted by Gasteiger charge is -2.39. The van der Waals surface area contributed by atoms with Gasteiger partial charge in [0.25, 0.3) is 0 Å². The molecule has 0 atom stereocenters. The van der Waals surface area contributed by atoms with E-state index in [4.69, 9.17) is 9.47 Å². The van der Waals surface area contributed by atoms with Crippen LogP contribution in [0.4, 0.5) is 0 Å². The summed E-state index contributed by atoms with van der Waals surface area (Å²) in [5.41, 5.74) is 1.08. The van der Waals surface area contributed by atoms with Crippen LogP contribution < -0.4 is 9.47 Å². The van der Waals surface area contributed by atoms with E-state index in [-0.39, 0.29) is 5.91 Å². The van der Waals surface area contributed by atoms with Crippen molar-refractivity contribution < 1.29 is 14.3 Å². The molecule has 0 unspecified atom stereocenters. The first-order valence-electron chi connectivity index (χ1n) is 14.1. The van der Waals surface area contributed by atoms with Crippen LogP contribution in [0, 0.1) is 0 Å². The van der Waals surface area contributed by atoms with Crippen molar-refractivity contribution >= 4 is 5.91 Å². The maximum atomic E-state index is 12.8. The molecule has 0 bridgehead atoms. The minimum absolute atomic E-state index is 0.272. The Labute approximate surface area is 225 Å². The van der Waals surface area contributed by atoms with Crippen LogP contribution >= 0.6 is 0 Å². The fraction of sp³-hybridized carbons (Fsp3) is 0.500. The molecule has 4 heterocycles. The standard InChI is InChI=1S/C30H39N5O3/c36-29(12-8-17-33-21-16-31-24-33)34-19-13-26(14-20-34)35-18-5-1-2-6-22-37-27-10-3-4-11-28(27)38-30-25(23-35)9-7-15-32-30/h3-4,7,9-11,15-16,21,24,26H,1-2,5-6,8,12-14,17-20,22-23H2. The predicted octanol–water partition coefficient (Wildman–Crippen LogP) is 5.30. The Hall–Kier alpha value is -3.39. The Bertz CT molecular complexity index is 1140. The summed E-state index contributed by atoms with van der Waals surface area (Å²) in [5.74, 6) is 2.38. The van der Waals surface area contributed by atoms with Gasteiger partial charge in [-0.15, -0.1) is 0 Å². The molecule has 202 valence electrons. The highest BCUT2D eigenvalue weighted by Gasteiger charge is 2.27. The molecule has 0 radical (unpaired) electrons. The van der Waals surface area contributed by atoms with Gasteiger partial charge >= 0.3 is 0 Å². The molecule has 0 spiro atoms. The zero-order chi connectivity index (χ0) is 26.0. The van der Waals surface area contributed by atoms with Gasteiger partial charge in [0.2, 0.25) is 11.8 Å². The third kappa shape index (κ3) is 7.13. The number of pyridine rings is 1. The first-order chi connectivity index (χ1) is 18.8. The van der Waals surface area contributed by atoms with Gasteiger partial charge in [0, 0.05) is 62.8 Å². The summed E-state index contributed by atoms with van der Waals surface area (Å²) in [4.78, 5) is 26.2. The van der Waals surface area contributed by atoms with Gasteiger partial charge in [0.1, 0.15) is 0 Å². The van der Waals surface area contributed by atoms with E-state index in [0.29, 0.717) is 30.7 Å². The maximum absolute atomic E-state index is 12.8. The highest BCUT2D eigenvalue weighted by molar-refractivity contribution is 5.76. The number of hydrogen-bond acceptors (Lipinski definition) is 6. The number of para-hydroxylation sites is 2. The monoisotopic (exact) mass is 517 g/mol. The van der Waals surface area contributed by atoms with Gasteiger partial charge in [0.15, 0.2) is 11.5 Å². The van der Waals surface area contributed by atoms with Gasteiger partial charge in [-0.1, -0.05) is 31.0 Å². The maximum Gasteiger partial charge on any atom is 0.223 e. The average Bonchev–Trinajstić information content (AvgIpc) is 3.47. The number of hydrogen-bond donors (Lipinski definition) is 0. The van der Waals surface area contributed by atoms with Crippen molar-refractivity contribution in [3.05, 3.63) is 66.9 Å². The molecular formula is C30H39N5O3. The Morgan fingerprint density at radius 3 is 2.63 bits per heavy atom.